The molecule has 2 amide bonds. The largest absolute Gasteiger partial charge is 0.368 e. The van der Waals surface area contributed by atoms with E-state index < -0.39 is 11.9 Å². The van der Waals surface area contributed by atoms with Crippen molar-refractivity contribution < 1.29 is 9.59 Å². The van der Waals surface area contributed by atoms with Gasteiger partial charge in [-0.3, -0.25) is 9.59 Å². The maximum absolute atomic E-state index is 12.6. The summed E-state index contributed by atoms with van der Waals surface area (Å²) in [7, 11) is 0. The van der Waals surface area contributed by atoms with E-state index >= 15 is 0 Å². The summed E-state index contributed by atoms with van der Waals surface area (Å²) in [5, 5.41) is 6.21. The zero-order chi connectivity index (χ0) is 17.9. The third-order valence-corrected chi connectivity index (χ3v) is 3.78. The van der Waals surface area contributed by atoms with E-state index in [1.165, 1.54) is 0 Å². The van der Waals surface area contributed by atoms with Gasteiger partial charge < -0.3 is 16.4 Å². The molecule has 0 heterocycles. The Morgan fingerprint density at radius 3 is 1.78 bits per heavy atom. The topological polar surface area (TPSA) is 84.2 Å². The molecule has 0 aliphatic heterocycles. The second kappa shape index (κ2) is 11.4. The van der Waals surface area contributed by atoms with Crippen LogP contribution in [0.3, 0.4) is 0 Å². The lowest BCUT2D eigenvalue weighted by molar-refractivity contribution is -0.129. The zero-order valence-corrected chi connectivity index (χ0v) is 15.7. The lowest BCUT2D eigenvalue weighted by Gasteiger charge is -2.29. The molecule has 4 N–H and O–H groups in total. The van der Waals surface area contributed by atoms with Crippen molar-refractivity contribution >= 4 is 11.8 Å². The summed E-state index contributed by atoms with van der Waals surface area (Å²) in [5.41, 5.74) is 5.29. The van der Waals surface area contributed by atoms with Crippen LogP contribution in [-0.2, 0) is 9.59 Å². The van der Waals surface area contributed by atoms with E-state index in [0.29, 0.717) is 6.42 Å². The van der Waals surface area contributed by atoms with Crippen molar-refractivity contribution in [2.24, 2.45) is 5.73 Å². The Hall–Kier alpha value is -1.10. The maximum Gasteiger partial charge on any atom is 0.240 e. The lowest BCUT2D eigenvalue weighted by atomic mass is 10.0. The summed E-state index contributed by atoms with van der Waals surface area (Å²) >= 11 is 0. The SMILES string of the molecule is CCCCCC(NC(=O)C(CCCCC)NC(C)(C)C)C(N)=O. The van der Waals surface area contributed by atoms with Crippen LogP contribution in [0.1, 0.15) is 86.0 Å². The number of hydrogen-bond acceptors (Lipinski definition) is 3. The van der Waals surface area contributed by atoms with Crippen LogP contribution in [0.25, 0.3) is 0 Å². The smallest absolute Gasteiger partial charge is 0.240 e. The van der Waals surface area contributed by atoms with Gasteiger partial charge in [0.15, 0.2) is 0 Å². The molecule has 136 valence electrons. The first-order valence-corrected chi connectivity index (χ1v) is 9.08. The van der Waals surface area contributed by atoms with Crippen molar-refractivity contribution in [2.45, 2.75) is 104 Å². The van der Waals surface area contributed by atoms with Crippen LogP contribution < -0.4 is 16.4 Å². The number of primary amides is 1. The van der Waals surface area contributed by atoms with Gasteiger partial charge in [-0.2, -0.15) is 0 Å². The van der Waals surface area contributed by atoms with Crippen LogP contribution in [0.5, 0.6) is 0 Å². The van der Waals surface area contributed by atoms with Gasteiger partial charge in [-0.1, -0.05) is 52.4 Å². The second-order valence-corrected chi connectivity index (χ2v) is 7.40. The number of nitrogens with two attached hydrogens (primary N) is 1. The molecule has 2 atom stereocenters. The number of carbonyl (C=O) groups is 2. The first-order chi connectivity index (χ1) is 10.7. The molecule has 0 aromatic rings. The highest BCUT2D eigenvalue weighted by Crippen LogP contribution is 2.10. The van der Waals surface area contributed by atoms with E-state index in [1.807, 2.05) is 20.8 Å². The van der Waals surface area contributed by atoms with Crippen molar-refractivity contribution in [3.63, 3.8) is 0 Å². The summed E-state index contributed by atoms with van der Waals surface area (Å²) < 4.78 is 0. The Kier molecular flexibility index (Phi) is 10.9. The molecule has 0 radical (unpaired) electrons. The fourth-order valence-electron chi connectivity index (χ4n) is 2.55. The molecule has 0 bridgehead atoms. The van der Waals surface area contributed by atoms with Gasteiger partial charge in [-0.05, 0) is 33.6 Å². The molecule has 0 aliphatic rings. The molecule has 5 nitrogen and oxygen atoms in total. The lowest BCUT2D eigenvalue weighted by Crippen LogP contribution is -2.55. The summed E-state index contributed by atoms with van der Waals surface area (Å²) in [6.07, 6.45) is 7.62. The predicted octanol–water partition coefficient (Wildman–Crippen LogP) is 2.87. The van der Waals surface area contributed by atoms with Crippen molar-refractivity contribution in [2.75, 3.05) is 0 Å². The summed E-state index contributed by atoms with van der Waals surface area (Å²) in [4.78, 5) is 24.2. The standard InChI is InChI=1S/C18H37N3O2/c1-6-8-10-12-14(16(19)22)20-17(23)15(13-11-9-7-2)21-18(3,4)5/h14-15,21H,6-13H2,1-5H3,(H2,19,22)(H,20,23). The van der Waals surface area contributed by atoms with Crippen LogP contribution in [0.15, 0.2) is 0 Å². The first-order valence-electron chi connectivity index (χ1n) is 9.08. The molecule has 0 aromatic heterocycles. The Bertz CT molecular complexity index is 351. The fourth-order valence-corrected chi connectivity index (χ4v) is 2.55. The zero-order valence-electron chi connectivity index (χ0n) is 15.7. The van der Waals surface area contributed by atoms with Gasteiger partial charge in [-0.15, -0.1) is 0 Å². The van der Waals surface area contributed by atoms with E-state index in [9.17, 15) is 9.59 Å². The van der Waals surface area contributed by atoms with Crippen LogP contribution in [0, 0.1) is 0 Å². The predicted molar refractivity (Wildman–Crippen MR) is 96.1 cm³/mol. The Morgan fingerprint density at radius 2 is 1.39 bits per heavy atom. The summed E-state index contributed by atoms with van der Waals surface area (Å²) in [6, 6.07) is -0.848. The van der Waals surface area contributed by atoms with Gasteiger partial charge in [0.1, 0.15) is 6.04 Å². The van der Waals surface area contributed by atoms with Gasteiger partial charge in [0, 0.05) is 5.54 Å². The molecule has 0 aromatic carbocycles. The molecule has 23 heavy (non-hydrogen) atoms. The molecule has 5 heteroatoms. The molecule has 0 aliphatic carbocycles. The Morgan fingerprint density at radius 1 is 0.913 bits per heavy atom. The highest BCUT2D eigenvalue weighted by molar-refractivity contribution is 5.89. The summed E-state index contributed by atoms with van der Waals surface area (Å²) in [6.45, 7) is 10.4. The van der Waals surface area contributed by atoms with E-state index in [4.69, 9.17) is 5.73 Å². The highest BCUT2D eigenvalue weighted by atomic mass is 16.2. The monoisotopic (exact) mass is 327 g/mol. The van der Waals surface area contributed by atoms with Crippen molar-refractivity contribution in [3.05, 3.63) is 0 Å². The molecule has 0 saturated heterocycles. The second-order valence-electron chi connectivity index (χ2n) is 7.40. The first kappa shape index (κ1) is 21.9. The van der Waals surface area contributed by atoms with Crippen molar-refractivity contribution in [1.29, 1.82) is 0 Å². The van der Waals surface area contributed by atoms with Crippen LogP contribution in [0.4, 0.5) is 0 Å². The van der Waals surface area contributed by atoms with Gasteiger partial charge >= 0.3 is 0 Å². The highest BCUT2D eigenvalue weighted by Gasteiger charge is 2.26. The minimum absolute atomic E-state index is 0.115. The third-order valence-electron chi connectivity index (χ3n) is 3.78. The van der Waals surface area contributed by atoms with E-state index in [-0.39, 0.29) is 17.5 Å². The van der Waals surface area contributed by atoms with Crippen molar-refractivity contribution in [1.82, 2.24) is 10.6 Å². The molecule has 0 rings (SSSR count). The summed E-state index contributed by atoms with van der Waals surface area (Å²) in [5.74, 6) is -0.561. The Labute approximate surface area is 142 Å². The molecule has 0 fully saturated rings. The normalized spacial score (nSPS) is 14.3. The van der Waals surface area contributed by atoms with Crippen LogP contribution in [-0.4, -0.2) is 29.4 Å². The van der Waals surface area contributed by atoms with Crippen LogP contribution >= 0.6 is 0 Å². The quantitative estimate of drug-likeness (QED) is 0.482. The maximum atomic E-state index is 12.6. The van der Waals surface area contributed by atoms with E-state index in [0.717, 1.165) is 44.9 Å². The Balaban J connectivity index is 4.71. The minimum Gasteiger partial charge on any atom is -0.368 e. The number of unbranched alkanes of at least 4 members (excludes halogenated alkanes) is 4. The van der Waals surface area contributed by atoms with Crippen molar-refractivity contribution in [3.8, 4) is 0 Å². The molecule has 0 saturated carbocycles. The number of rotatable bonds is 12. The average molecular weight is 328 g/mol. The van der Waals surface area contributed by atoms with E-state index in [2.05, 4.69) is 24.5 Å². The molecule has 0 spiro atoms. The average Bonchev–Trinajstić information content (AvgIpc) is 2.44. The van der Waals surface area contributed by atoms with Gasteiger partial charge in [0.05, 0.1) is 6.04 Å². The van der Waals surface area contributed by atoms with Crippen LogP contribution in [0.2, 0.25) is 0 Å². The number of carbonyl (C=O) groups excluding carboxylic acids is 2. The number of hydrogen-bond donors (Lipinski definition) is 3. The molecular weight excluding hydrogens is 290 g/mol. The third kappa shape index (κ3) is 11.1. The molecule has 2 unspecified atom stereocenters. The van der Waals surface area contributed by atoms with Gasteiger partial charge in [-0.25, -0.2) is 0 Å². The number of nitrogens with one attached hydrogen (secondary N) is 2. The molecular formula is C18H37N3O2. The minimum atomic E-state index is -0.565. The van der Waals surface area contributed by atoms with Gasteiger partial charge in [0.2, 0.25) is 11.8 Å². The fraction of sp³-hybridized carbons (Fsp3) is 0.889. The number of amides is 2. The van der Waals surface area contributed by atoms with Gasteiger partial charge in [0.25, 0.3) is 0 Å². The van der Waals surface area contributed by atoms with E-state index in [1.54, 1.807) is 0 Å².